The predicted molar refractivity (Wildman–Crippen MR) is 72.6 cm³/mol. The first-order chi connectivity index (χ1) is 8.88. The fourth-order valence-corrected chi connectivity index (χ4v) is 2.29. The van der Waals surface area contributed by atoms with E-state index in [2.05, 4.69) is 0 Å². The van der Waals surface area contributed by atoms with Gasteiger partial charge in [0.15, 0.2) is 17.4 Å². The normalized spacial score (nSPS) is 12.3. The summed E-state index contributed by atoms with van der Waals surface area (Å²) in [5, 5.41) is 9.00. The van der Waals surface area contributed by atoms with E-state index < -0.39 is 23.3 Å². The van der Waals surface area contributed by atoms with Gasteiger partial charge in [-0.05, 0) is 24.8 Å². The molecular formula is C13H17F2NO2S. The molecular weight excluding hydrogens is 272 g/mol. The van der Waals surface area contributed by atoms with E-state index in [4.69, 9.17) is 5.11 Å². The third kappa shape index (κ3) is 3.83. The molecule has 1 rings (SSSR count). The van der Waals surface area contributed by atoms with Gasteiger partial charge < -0.3 is 10.0 Å². The molecule has 0 spiro atoms. The molecule has 0 heterocycles. The number of amides is 1. The van der Waals surface area contributed by atoms with Crippen LogP contribution >= 0.6 is 11.8 Å². The van der Waals surface area contributed by atoms with Gasteiger partial charge >= 0.3 is 0 Å². The molecule has 0 aromatic heterocycles. The minimum Gasteiger partial charge on any atom is -0.503 e. The molecule has 1 unspecified atom stereocenters. The van der Waals surface area contributed by atoms with Crippen LogP contribution in [0.3, 0.4) is 0 Å². The van der Waals surface area contributed by atoms with Gasteiger partial charge in [0.1, 0.15) is 0 Å². The Kier molecular flexibility index (Phi) is 5.60. The molecule has 0 bridgehead atoms. The third-order valence-corrected chi connectivity index (χ3v) is 3.93. The number of hydrogen-bond acceptors (Lipinski definition) is 3. The number of phenols is 1. The number of thioether (sulfide) groups is 1. The summed E-state index contributed by atoms with van der Waals surface area (Å²) in [7, 11) is 1.59. The van der Waals surface area contributed by atoms with E-state index in [0.717, 1.165) is 23.6 Å². The monoisotopic (exact) mass is 289 g/mol. The minimum atomic E-state index is -1.13. The summed E-state index contributed by atoms with van der Waals surface area (Å²) >= 11 is 1.68. The highest BCUT2D eigenvalue weighted by molar-refractivity contribution is 7.99. The topological polar surface area (TPSA) is 40.5 Å². The maximum absolute atomic E-state index is 13.2. The van der Waals surface area contributed by atoms with Crippen molar-refractivity contribution in [1.82, 2.24) is 4.90 Å². The standard InChI is InChI=1S/C13H17F2NO2S/c1-4-19-7-8(2)16(3)13(18)9-5-10(14)12(17)11(15)6-9/h5-6,8,17H,4,7H2,1-3H3. The van der Waals surface area contributed by atoms with E-state index in [1.54, 1.807) is 18.8 Å². The average Bonchev–Trinajstić information content (AvgIpc) is 2.39. The molecule has 1 aromatic carbocycles. The fraction of sp³-hybridized carbons (Fsp3) is 0.462. The zero-order chi connectivity index (χ0) is 14.6. The van der Waals surface area contributed by atoms with E-state index >= 15 is 0 Å². The molecule has 6 heteroatoms. The lowest BCUT2D eigenvalue weighted by Crippen LogP contribution is -2.36. The summed E-state index contributed by atoms with van der Waals surface area (Å²) in [6.07, 6.45) is 0. The number of benzene rings is 1. The third-order valence-electron chi connectivity index (χ3n) is 2.81. The zero-order valence-electron chi connectivity index (χ0n) is 11.1. The Morgan fingerprint density at radius 2 is 1.95 bits per heavy atom. The van der Waals surface area contributed by atoms with Crippen LogP contribution < -0.4 is 0 Å². The summed E-state index contributed by atoms with van der Waals surface area (Å²) < 4.78 is 26.4. The van der Waals surface area contributed by atoms with Crippen LogP contribution in [-0.2, 0) is 0 Å². The molecule has 3 nitrogen and oxygen atoms in total. The zero-order valence-corrected chi connectivity index (χ0v) is 11.9. The minimum absolute atomic E-state index is 0.0441. The molecule has 1 N–H and O–H groups in total. The second kappa shape index (κ2) is 6.75. The van der Waals surface area contributed by atoms with E-state index in [-0.39, 0.29) is 11.6 Å². The van der Waals surface area contributed by atoms with Crippen LogP contribution in [0.5, 0.6) is 5.75 Å². The number of carbonyl (C=O) groups excluding carboxylic acids is 1. The summed E-state index contributed by atoms with van der Waals surface area (Å²) in [5.74, 6) is -2.10. The highest BCUT2D eigenvalue weighted by Gasteiger charge is 2.20. The van der Waals surface area contributed by atoms with E-state index in [9.17, 15) is 13.6 Å². The Hall–Kier alpha value is -1.30. The van der Waals surface area contributed by atoms with Crippen molar-refractivity contribution >= 4 is 17.7 Å². The van der Waals surface area contributed by atoms with Crippen molar-refractivity contribution in [2.45, 2.75) is 19.9 Å². The second-order valence-corrected chi connectivity index (χ2v) is 5.53. The first-order valence-corrected chi connectivity index (χ1v) is 7.06. The number of halogens is 2. The molecule has 106 valence electrons. The van der Waals surface area contributed by atoms with Gasteiger partial charge in [0.25, 0.3) is 5.91 Å². The molecule has 0 aliphatic rings. The first-order valence-electron chi connectivity index (χ1n) is 5.91. The van der Waals surface area contributed by atoms with E-state index in [1.807, 2.05) is 13.8 Å². The van der Waals surface area contributed by atoms with Gasteiger partial charge in [0, 0.05) is 24.4 Å². The predicted octanol–water partition coefficient (Wildman–Crippen LogP) is 2.88. The number of carbonyl (C=O) groups is 1. The number of aromatic hydroxyl groups is 1. The maximum atomic E-state index is 13.2. The van der Waals surface area contributed by atoms with Crippen molar-refractivity contribution < 1.29 is 18.7 Å². The largest absolute Gasteiger partial charge is 0.503 e. The molecule has 1 amide bonds. The quantitative estimate of drug-likeness (QED) is 0.906. The number of rotatable bonds is 5. The van der Waals surface area contributed by atoms with E-state index in [0.29, 0.717) is 0 Å². The molecule has 0 saturated heterocycles. The summed E-state index contributed by atoms with van der Waals surface area (Å²) in [5.41, 5.74) is -0.108. The van der Waals surface area contributed by atoms with Crippen LogP contribution in [0.2, 0.25) is 0 Å². The number of phenolic OH excluding ortho intramolecular Hbond substituents is 1. The SMILES string of the molecule is CCSCC(C)N(C)C(=O)c1cc(F)c(O)c(F)c1. The van der Waals surface area contributed by atoms with Crippen LogP contribution in [0.1, 0.15) is 24.2 Å². The molecule has 0 radical (unpaired) electrons. The Morgan fingerprint density at radius 3 is 2.42 bits per heavy atom. The second-order valence-electron chi connectivity index (χ2n) is 4.21. The number of nitrogens with zero attached hydrogens (tertiary/aromatic N) is 1. The van der Waals surface area contributed by atoms with Crippen molar-refractivity contribution in [3.05, 3.63) is 29.3 Å². The van der Waals surface area contributed by atoms with Crippen molar-refractivity contribution in [1.29, 1.82) is 0 Å². The molecule has 1 atom stereocenters. The van der Waals surface area contributed by atoms with Crippen LogP contribution in [0.15, 0.2) is 12.1 Å². The summed E-state index contributed by atoms with van der Waals surface area (Å²) in [6.45, 7) is 3.89. The Morgan fingerprint density at radius 1 is 1.42 bits per heavy atom. The Bertz CT molecular complexity index is 445. The summed E-state index contributed by atoms with van der Waals surface area (Å²) in [4.78, 5) is 13.5. The van der Waals surface area contributed by atoms with Crippen molar-refractivity contribution in [3.63, 3.8) is 0 Å². The Labute approximate surface area is 115 Å². The van der Waals surface area contributed by atoms with Crippen molar-refractivity contribution in [2.75, 3.05) is 18.6 Å². The van der Waals surface area contributed by atoms with Crippen LogP contribution in [0.4, 0.5) is 8.78 Å². The first kappa shape index (κ1) is 15.8. The maximum Gasteiger partial charge on any atom is 0.254 e. The Balaban J connectivity index is 2.88. The molecule has 0 aliphatic heterocycles. The fourth-order valence-electron chi connectivity index (χ4n) is 1.49. The van der Waals surface area contributed by atoms with Crippen LogP contribution in [0.25, 0.3) is 0 Å². The van der Waals surface area contributed by atoms with Gasteiger partial charge in [-0.2, -0.15) is 11.8 Å². The molecule has 0 saturated carbocycles. The van der Waals surface area contributed by atoms with Gasteiger partial charge in [-0.25, -0.2) is 8.78 Å². The smallest absolute Gasteiger partial charge is 0.254 e. The number of hydrogen-bond donors (Lipinski definition) is 1. The lowest BCUT2D eigenvalue weighted by Gasteiger charge is -2.24. The van der Waals surface area contributed by atoms with Gasteiger partial charge in [0.2, 0.25) is 0 Å². The van der Waals surface area contributed by atoms with Crippen molar-refractivity contribution in [3.8, 4) is 5.75 Å². The van der Waals surface area contributed by atoms with Gasteiger partial charge in [-0.3, -0.25) is 4.79 Å². The molecule has 0 aliphatic carbocycles. The van der Waals surface area contributed by atoms with Crippen molar-refractivity contribution in [2.24, 2.45) is 0 Å². The van der Waals surface area contributed by atoms with E-state index in [1.165, 1.54) is 4.90 Å². The highest BCUT2D eigenvalue weighted by atomic mass is 32.2. The van der Waals surface area contributed by atoms with Gasteiger partial charge in [-0.1, -0.05) is 6.92 Å². The highest BCUT2D eigenvalue weighted by Crippen LogP contribution is 2.22. The molecule has 19 heavy (non-hydrogen) atoms. The summed E-state index contributed by atoms with van der Waals surface area (Å²) in [6, 6.07) is 1.64. The van der Waals surface area contributed by atoms with Gasteiger partial charge in [-0.15, -0.1) is 0 Å². The van der Waals surface area contributed by atoms with Crippen LogP contribution in [0, 0.1) is 11.6 Å². The average molecular weight is 289 g/mol. The van der Waals surface area contributed by atoms with Crippen LogP contribution in [-0.4, -0.2) is 40.5 Å². The van der Waals surface area contributed by atoms with Gasteiger partial charge in [0.05, 0.1) is 0 Å². The lowest BCUT2D eigenvalue weighted by molar-refractivity contribution is 0.0756. The molecule has 1 aromatic rings. The lowest BCUT2D eigenvalue weighted by atomic mass is 10.1. The molecule has 0 fully saturated rings.